The lowest BCUT2D eigenvalue weighted by molar-refractivity contribution is -0.155. The molecule has 1 aliphatic rings. The molecule has 0 aliphatic carbocycles. The van der Waals surface area contributed by atoms with Gasteiger partial charge in [-0.25, -0.2) is 4.79 Å². The first-order chi connectivity index (χ1) is 5.74. The smallest absolute Gasteiger partial charge is 0.335 e. The Hall–Kier alpha value is -0.570. The second kappa shape index (κ2) is 4.45. The Morgan fingerprint density at radius 1 is 1.58 bits per heavy atom. The summed E-state index contributed by atoms with van der Waals surface area (Å²) < 4.78 is 10.3. The van der Waals surface area contributed by atoms with Crippen LogP contribution in [-0.2, 0) is 14.3 Å². The van der Waals surface area contributed by atoms with Gasteiger partial charge < -0.3 is 9.47 Å². The van der Waals surface area contributed by atoms with Crippen LogP contribution in [0.5, 0.6) is 0 Å². The summed E-state index contributed by atoms with van der Waals surface area (Å²) in [5.41, 5.74) is 0. The predicted molar refractivity (Wildman–Crippen MR) is 44.8 cm³/mol. The maximum atomic E-state index is 11.2. The van der Waals surface area contributed by atoms with Crippen LogP contribution in [0.4, 0.5) is 0 Å². The Labute approximate surface area is 73.0 Å². The van der Waals surface area contributed by atoms with Crippen molar-refractivity contribution >= 4 is 5.97 Å². The van der Waals surface area contributed by atoms with E-state index in [1.54, 1.807) is 0 Å². The van der Waals surface area contributed by atoms with Crippen molar-refractivity contribution in [3.05, 3.63) is 0 Å². The van der Waals surface area contributed by atoms with Crippen molar-refractivity contribution in [2.75, 3.05) is 6.61 Å². The minimum absolute atomic E-state index is 0.193. The van der Waals surface area contributed by atoms with E-state index in [4.69, 9.17) is 9.47 Å². The number of carbonyl (C=O) groups excluding carboxylic acids is 1. The van der Waals surface area contributed by atoms with Crippen molar-refractivity contribution in [2.24, 2.45) is 0 Å². The van der Waals surface area contributed by atoms with Gasteiger partial charge in [-0.05, 0) is 26.2 Å². The molecule has 3 heteroatoms. The molecule has 70 valence electrons. The molecule has 0 aromatic heterocycles. The highest BCUT2D eigenvalue weighted by Gasteiger charge is 2.28. The first-order valence-electron chi connectivity index (χ1n) is 4.56. The summed E-state index contributed by atoms with van der Waals surface area (Å²) in [7, 11) is 0. The van der Waals surface area contributed by atoms with Gasteiger partial charge in [-0.2, -0.15) is 0 Å². The Morgan fingerprint density at radius 2 is 2.33 bits per heavy atom. The summed E-state index contributed by atoms with van der Waals surface area (Å²) in [5, 5.41) is 0. The zero-order chi connectivity index (χ0) is 8.97. The van der Waals surface area contributed by atoms with Crippen LogP contribution in [0.3, 0.4) is 0 Å². The Bertz CT molecular complexity index is 156. The van der Waals surface area contributed by atoms with Crippen LogP contribution in [0.1, 0.15) is 33.1 Å². The lowest BCUT2D eigenvalue weighted by atomic mass is 10.2. The van der Waals surface area contributed by atoms with Crippen LogP contribution < -0.4 is 0 Å². The Kier molecular flexibility index (Phi) is 3.53. The van der Waals surface area contributed by atoms with Crippen molar-refractivity contribution < 1.29 is 14.3 Å². The third-order valence-corrected chi connectivity index (χ3v) is 1.94. The molecule has 1 rings (SSSR count). The molecule has 0 aromatic carbocycles. The molecule has 0 amide bonds. The standard InChI is InChI=1S/C9H16O3/c1-3-6-11-9(10)8-5-4-7(2)12-8/h7-8H,3-6H2,1-2H3. The minimum Gasteiger partial charge on any atom is -0.464 e. The quantitative estimate of drug-likeness (QED) is 0.605. The van der Waals surface area contributed by atoms with Gasteiger partial charge in [0.15, 0.2) is 6.10 Å². The number of hydrogen-bond acceptors (Lipinski definition) is 3. The zero-order valence-corrected chi connectivity index (χ0v) is 7.71. The van der Waals surface area contributed by atoms with Crippen molar-refractivity contribution in [3.8, 4) is 0 Å². The maximum Gasteiger partial charge on any atom is 0.335 e. The summed E-state index contributed by atoms with van der Waals surface area (Å²) in [4.78, 5) is 11.2. The van der Waals surface area contributed by atoms with Crippen LogP contribution in [0.25, 0.3) is 0 Å². The molecule has 1 heterocycles. The van der Waals surface area contributed by atoms with E-state index in [2.05, 4.69) is 0 Å². The summed E-state index contributed by atoms with van der Waals surface area (Å²) >= 11 is 0. The van der Waals surface area contributed by atoms with Gasteiger partial charge in [0.1, 0.15) is 0 Å². The molecule has 3 nitrogen and oxygen atoms in total. The lowest BCUT2D eigenvalue weighted by Crippen LogP contribution is -2.23. The van der Waals surface area contributed by atoms with E-state index in [9.17, 15) is 4.79 Å². The molecule has 2 atom stereocenters. The average molecular weight is 172 g/mol. The Balaban J connectivity index is 2.23. The van der Waals surface area contributed by atoms with Crippen molar-refractivity contribution in [3.63, 3.8) is 0 Å². The highest BCUT2D eigenvalue weighted by molar-refractivity contribution is 5.74. The number of carbonyl (C=O) groups is 1. The topological polar surface area (TPSA) is 35.5 Å². The molecular weight excluding hydrogens is 156 g/mol. The number of hydrogen-bond donors (Lipinski definition) is 0. The SMILES string of the molecule is CCCOC(=O)C1CCC(C)O1. The Morgan fingerprint density at radius 3 is 2.83 bits per heavy atom. The number of esters is 1. The van der Waals surface area contributed by atoms with Crippen molar-refractivity contribution in [2.45, 2.75) is 45.3 Å². The molecular formula is C9H16O3. The highest BCUT2D eigenvalue weighted by Crippen LogP contribution is 2.19. The maximum absolute atomic E-state index is 11.2. The molecule has 0 radical (unpaired) electrons. The van der Waals surface area contributed by atoms with E-state index in [0.717, 1.165) is 19.3 Å². The molecule has 1 saturated heterocycles. The van der Waals surface area contributed by atoms with Gasteiger partial charge >= 0.3 is 5.97 Å². The molecule has 12 heavy (non-hydrogen) atoms. The molecule has 0 bridgehead atoms. The largest absolute Gasteiger partial charge is 0.464 e. The number of ether oxygens (including phenoxy) is 2. The van der Waals surface area contributed by atoms with Gasteiger partial charge in [0.2, 0.25) is 0 Å². The first kappa shape index (κ1) is 9.52. The van der Waals surface area contributed by atoms with Crippen LogP contribution in [0.2, 0.25) is 0 Å². The molecule has 0 spiro atoms. The van der Waals surface area contributed by atoms with Gasteiger partial charge in [-0.15, -0.1) is 0 Å². The summed E-state index contributed by atoms with van der Waals surface area (Å²) in [5.74, 6) is -0.193. The van der Waals surface area contributed by atoms with Gasteiger partial charge in [0.05, 0.1) is 12.7 Å². The minimum atomic E-state index is -0.299. The fourth-order valence-electron chi connectivity index (χ4n) is 1.27. The normalized spacial score (nSPS) is 28.8. The molecule has 0 N–H and O–H groups in total. The van der Waals surface area contributed by atoms with Crippen LogP contribution in [0, 0.1) is 0 Å². The molecule has 1 fully saturated rings. The van der Waals surface area contributed by atoms with Gasteiger partial charge in [0, 0.05) is 0 Å². The van der Waals surface area contributed by atoms with Gasteiger partial charge in [0.25, 0.3) is 0 Å². The van der Waals surface area contributed by atoms with Crippen LogP contribution in [-0.4, -0.2) is 24.8 Å². The van der Waals surface area contributed by atoms with Gasteiger partial charge in [-0.3, -0.25) is 0 Å². The van der Waals surface area contributed by atoms with Gasteiger partial charge in [-0.1, -0.05) is 6.92 Å². The van der Waals surface area contributed by atoms with Crippen molar-refractivity contribution in [1.29, 1.82) is 0 Å². The lowest BCUT2D eigenvalue weighted by Gasteiger charge is -2.09. The zero-order valence-electron chi connectivity index (χ0n) is 7.71. The fourth-order valence-corrected chi connectivity index (χ4v) is 1.27. The third-order valence-electron chi connectivity index (χ3n) is 1.94. The van der Waals surface area contributed by atoms with E-state index in [-0.39, 0.29) is 18.2 Å². The second-order valence-corrected chi connectivity index (χ2v) is 3.18. The first-order valence-corrected chi connectivity index (χ1v) is 4.56. The molecule has 2 unspecified atom stereocenters. The monoisotopic (exact) mass is 172 g/mol. The summed E-state index contributed by atoms with van der Waals surface area (Å²) in [6.07, 6.45) is 2.56. The predicted octanol–water partition coefficient (Wildman–Crippen LogP) is 1.51. The number of rotatable bonds is 3. The average Bonchev–Trinajstić information content (AvgIpc) is 2.47. The third kappa shape index (κ3) is 2.48. The van der Waals surface area contributed by atoms with Crippen molar-refractivity contribution in [1.82, 2.24) is 0 Å². The highest BCUT2D eigenvalue weighted by atomic mass is 16.6. The molecule has 0 aromatic rings. The summed E-state index contributed by atoms with van der Waals surface area (Å²) in [6, 6.07) is 0. The molecule has 1 aliphatic heterocycles. The fraction of sp³-hybridized carbons (Fsp3) is 0.889. The van der Waals surface area contributed by atoms with Crippen LogP contribution in [0.15, 0.2) is 0 Å². The van der Waals surface area contributed by atoms with E-state index in [1.807, 2.05) is 13.8 Å². The van der Waals surface area contributed by atoms with Crippen LogP contribution >= 0.6 is 0 Å². The van der Waals surface area contributed by atoms with E-state index >= 15 is 0 Å². The summed E-state index contributed by atoms with van der Waals surface area (Å²) in [6.45, 7) is 4.46. The molecule has 0 saturated carbocycles. The van der Waals surface area contributed by atoms with E-state index < -0.39 is 0 Å². The second-order valence-electron chi connectivity index (χ2n) is 3.18. The van der Waals surface area contributed by atoms with E-state index in [0.29, 0.717) is 6.61 Å². The van der Waals surface area contributed by atoms with E-state index in [1.165, 1.54) is 0 Å².